The largest absolute Gasteiger partial charge is 0.463 e. The van der Waals surface area contributed by atoms with Crippen molar-refractivity contribution in [2.45, 2.75) is 47.6 Å². The van der Waals surface area contributed by atoms with E-state index in [2.05, 4.69) is 60.7 Å². The Hall–Kier alpha value is -3.97. The smallest absolute Gasteiger partial charge is 0.338 e. The van der Waals surface area contributed by atoms with Crippen LogP contribution in [0.15, 0.2) is 75.7 Å². The number of thiazole rings is 1. The maximum absolute atomic E-state index is 13.9. The molecule has 3 heterocycles. The molecule has 5 rings (SSSR count). The van der Waals surface area contributed by atoms with Gasteiger partial charge in [-0.15, -0.1) is 0 Å². The Balaban J connectivity index is 1.68. The van der Waals surface area contributed by atoms with Gasteiger partial charge in [-0.2, -0.15) is 0 Å². The molecule has 0 saturated carbocycles. The molecule has 1 atom stereocenters. The van der Waals surface area contributed by atoms with Gasteiger partial charge in [-0.25, -0.2) is 9.79 Å². The van der Waals surface area contributed by atoms with Crippen LogP contribution in [0.25, 0.3) is 11.8 Å². The molecule has 0 bridgehead atoms. The lowest BCUT2D eigenvalue weighted by atomic mass is 9.95. The third-order valence-corrected chi connectivity index (χ3v) is 7.94. The highest BCUT2D eigenvalue weighted by Gasteiger charge is 2.33. The molecule has 0 fully saturated rings. The summed E-state index contributed by atoms with van der Waals surface area (Å²) in [6.45, 7) is 12.0. The van der Waals surface area contributed by atoms with Crippen LogP contribution in [0.4, 0.5) is 0 Å². The first kappa shape index (κ1) is 25.7. The van der Waals surface area contributed by atoms with E-state index >= 15 is 0 Å². The van der Waals surface area contributed by atoms with Gasteiger partial charge >= 0.3 is 5.97 Å². The first-order valence-electron chi connectivity index (χ1n) is 12.7. The van der Waals surface area contributed by atoms with E-state index in [1.807, 2.05) is 37.3 Å². The van der Waals surface area contributed by atoms with Gasteiger partial charge in [0.1, 0.15) is 0 Å². The number of esters is 1. The number of hydrogen-bond donors (Lipinski definition) is 0. The molecular formula is C31H31N3O3S. The summed E-state index contributed by atoms with van der Waals surface area (Å²) in [5, 5.41) is 0. The summed E-state index contributed by atoms with van der Waals surface area (Å²) < 4.78 is 9.79. The van der Waals surface area contributed by atoms with Gasteiger partial charge in [-0.3, -0.25) is 9.36 Å². The van der Waals surface area contributed by atoms with Crippen molar-refractivity contribution in [3.8, 4) is 5.69 Å². The molecule has 2 aromatic heterocycles. The third-order valence-electron chi connectivity index (χ3n) is 6.96. The van der Waals surface area contributed by atoms with Crippen LogP contribution in [0.3, 0.4) is 0 Å². The van der Waals surface area contributed by atoms with Crippen molar-refractivity contribution >= 4 is 23.4 Å². The van der Waals surface area contributed by atoms with Crippen molar-refractivity contribution in [1.29, 1.82) is 0 Å². The molecule has 0 radical (unpaired) electrons. The highest BCUT2D eigenvalue weighted by Crippen LogP contribution is 2.31. The number of aryl methyl sites for hydroxylation is 3. The Labute approximate surface area is 225 Å². The van der Waals surface area contributed by atoms with E-state index < -0.39 is 12.0 Å². The normalized spacial score (nSPS) is 15.4. The monoisotopic (exact) mass is 525 g/mol. The summed E-state index contributed by atoms with van der Waals surface area (Å²) in [4.78, 5) is 32.2. The lowest BCUT2D eigenvalue weighted by molar-refractivity contribution is -0.139. The Morgan fingerprint density at radius 3 is 2.26 bits per heavy atom. The molecule has 4 aromatic rings. The van der Waals surface area contributed by atoms with Gasteiger partial charge in [0.2, 0.25) is 0 Å². The molecule has 1 unspecified atom stereocenters. The predicted molar refractivity (Wildman–Crippen MR) is 152 cm³/mol. The second-order valence-corrected chi connectivity index (χ2v) is 10.7. The summed E-state index contributed by atoms with van der Waals surface area (Å²) in [7, 11) is 0. The van der Waals surface area contributed by atoms with Crippen molar-refractivity contribution in [2.24, 2.45) is 4.99 Å². The number of carbonyl (C=O) groups is 1. The quantitative estimate of drug-likeness (QED) is 0.351. The Morgan fingerprint density at radius 1 is 1.00 bits per heavy atom. The molecule has 0 amide bonds. The molecule has 0 N–H and O–H groups in total. The van der Waals surface area contributed by atoms with E-state index in [1.165, 1.54) is 16.9 Å². The summed E-state index contributed by atoms with van der Waals surface area (Å²) in [6, 6.07) is 17.8. The number of rotatable bonds is 5. The van der Waals surface area contributed by atoms with E-state index in [9.17, 15) is 9.59 Å². The summed E-state index contributed by atoms with van der Waals surface area (Å²) >= 11 is 1.34. The lowest BCUT2D eigenvalue weighted by Gasteiger charge is -2.24. The van der Waals surface area contributed by atoms with Crippen LogP contribution in [0.1, 0.15) is 53.5 Å². The van der Waals surface area contributed by atoms with Crippen molar-refractivity contribution in [1.82, 2.24) is 9.13 Å². The average molecular weight is 526 g/mol. The number of ether oxygens (including phenoxy) is 1. The zero-order valence-corrected chi connectivity index (χ0v) is 23.3. The van der Waals surface area contributed by atoms with E-state index in [0.29, 0.717) is 20.6 Å². The number of nitrogens with zero attached hydrogens (tertiary/aromatic N) is 3. The van der Waals surface area contributed by atoms with Gasteiger partial charge in [0, 0.05) is 17.1 Å². The zero-order valence-electron chi connectivity index (χ0n) is 22.5. The maximum atomic E-state index is 13.9. The molecule has 1 aliphatic rings. The fourth-order valence-electron chi connectivity index (χ4n) is 5.02. The van der Waals surface area contributed by atoms with Gasteiger partial charge in [0.15, 0.2) is 4.80 Å². The van der Waals surface area contributed by atoms with Crippen LogP contribution in [-0.2, 0) is 9.53 Å². The van der Waals surface area contributed by atoms with Crippen LogP contribution in [-0.4, -0.2) is 21.7 Å². The van der Waals surface area contributed by atoms with Crippen LogP contribution < -0.4 is 14.9 Å². The molecule has 2 aromatic carbocycles. The molecule has 0 saturated heterocycles. The highest BCUT2D eigenvalue weighted by atomic mass is 32.1. The van der Waals surface area contributed by atoms with Crippen molar-refractivity contribution in [3.63, 3.8) is 0 Å². The number of benzene rings is 2. The van der Waals surface area contributed by atoms with Crippen LogP contribution in [0.5, 0.6) is 0 Å². The number of allylic oxidation sites excluding steroid dienone is 1. The fourth-order valence-corrected chi connectivity index (χ4v) is 6.06. The number of fused-ring (bicyclic) bond motifs is 1. The molecule has 194 valence electrons. The van der Waals surface area contributed by atoms with Crippen LogP contribution in [0, 0.1) is 27.7 Å². The Morgan fingerprint density at radius 2 is 1.63 bits per heavy atom. The number of aromatic nitrogens is 2. The zero-order chi connectivity index (χ0) is 27.1. The molecule has 6 nitrogen and oxygen atoms in total. The minimum Gasteiger partial charge on any atom is -0.463 e. The molecule has 0 spiro atoms. The molecular weight excluding hydrogens is 494 g/mol. The first-order valence-corrected chi connectivity index (χ1v) is 13.5. The van der Waals surface area contributed by atoms with Crippen LogP contribution in [0.2, 0.25) is 0 Å². The highest BCUT2D eigenvalue weighted by molar-refractivity contribution is 7.07. The maximum Gasteiger partial charge on any atom is 0.338 e. The summed E-state index contributed by atoms with van der Waals surface area (Å²) in [5.41, 5.74) is 8.14. The second-order valence-electron chi connectivity index (χ2n) is 9.71. The fraction of sp³-hybridized carbons (Fsp3) is 0.258. The predicted octanol–water partition coefficient (Wildman–Crippen LogP) is 4.82. The molecule has 0 aliphatic carbocycles. The van der Waals surface area contributed by atoms with Crippen molar-refractivity contribution < 1.29 is 9.53 Å². The molecule has 38 heavy (non-hydrogen) atoms. The van der Waals surface area contributed by atoms with Gasteiger partial charge in [0.25, 0.3) is 5.56 Å². The van der Waals surface area contributed by atoms with Crippen molar-refractivity contribution in [3.05, 3.63) is 119 Å². The summed E-state index contributed by atoms with van der Waals surface area (Å²) in [6.07, 6.45) is 1.94. The van der Waals surface area contributed by atoms with Crippen LogP contribution >= 0.6 is 11.3 Å². The Bertz CT molecular complexity index is 1750. The summed E-state index contributed by atoms with van der Waals surface area (Å²) in [5.74, 6) is -0.449. The van der Waals surface area contributed by atoms with E-state index in [-0.39, 0.29) is 12.2 Å². The standard InChI is InChI=1S/C31H31N3O3S/c1-7-37-30(36)27-21(5)32-31-34(28(27)23-12-8-18(2)9-13-23)29(35)26(38-31)17-24-16-20(4)33(22(24)6)25-14-10-19(3)11-15-25/h8-17,28H,7H2,1-6H3/b26-17+. The SMILES string of the molecule is CCOC(=O)C1=C(C)N=c2s/c(=C/c3cc(C)n(-c4ccc(C)cc4)c3C)c(=O)n2C1c1ccc(C)cc1. The van der Waals surface area contributed by atoms with Gasteiger partial charge < -0.3 is 9.30 Å². The van der Waals surface area contributed by atoms with Gasteiger partial charge in [-0.05, 0) is 76.9 Å². The first-order chi connectivity index (χ1) is 18.2. The Kier molecular flexibility index (Phi) is 6.80. The van der Waals surface area contributed by atoms with E-state index in [0.717, 1.165) is 33.8 Å². The van der Waals surface area contributed by atoms with Gasteiger partial charge in [-0.1, -0.05) is 58.9 Å². The average Bonchev–Trinajstić information content (AvgIpc) is 3.34. The van der Waals surface area contributed by atoms with E-state index in [4.69, 9.17) is 4.74 Å². The van der Waals surface area contributed by atoms with Crippen molar-refractivity contribution in [2.75, 3.05) is 6.61 Å². The number of hydrogen-bond acceptors (Lipinski definition) is 5. The molecule has 7 heteroatoms. The minimum absolute atomic E-state index is 0.172. The molecule has 1 aliphatic heterocycles. The van der Waals surface area contributed by atoms with E-state index in [1.54, 1.807) is 18.4 Å². The third kappa shape index (κ3) is 4.47. The number of carbonyl (C=O) groups excluding carboxylic acids is 1. The minimum atomic E-state index is -0.604. The lowest BCUT2D eigenvalue weighted by Crippen LogP contribution is -2.39. The van der Waals surface area contributed by atoms with Gasteiger partial charge in [0.05, 0.1) is 28.5 Å². The topological polar surface area (TPSA) is 65.6 Å². The second kappa shape index (κ2) is 10.1.